The molecule has 2 aromatic carbocycles. The van der Waals surface area contributed by atoms with Gasteiger partial charge in [0.2, 0.25) is 11.8 Å². The zero-order valence-corrected chi connectivity index (χ0v) is 21.0. The quantitative estimate of drug-likeness (QED) is 0.563. The molecular weight excluding hydrogens is 408 g/mol. The smallest absolute Gasteiger partial charge is 0.242 e. The fourth-order valence-electron chi connectivity index (χ4n) is 4.55. The average molecular weight is 449 g/mol. The van der Waals surface area contributed by atoms with Crippen molar-refractivity contribution in [3.8, 4) is 0 Å². The number of aryl methyl sites for hydroxylation is 2. The van der Waals surface area contributed by atoms with E-state index in [9.17, 15) is 9.59 Å². The van der Waals surface area contributed by atoms with Gasteiger partial charge >= 0.3 is 0 Å². The Kier molecular flexibility index (Phi) is 8.34. The van der Waals surface area contributed by atoms with E-state index >= 15 is 0 Å². The summed E-state index contributed by atoms with van der Waals surface area (Å²) in [5, 5.41) is 3.17. The summed E-state index contributed by atoms with van der Waals surface area (Å²) in [7, 11) is 0. The monoisotopic (exact) mass is 448 g/mol. The Hall–Kier alpha value is -2.62. The molecule has 1 aliphatic carbocycles. The Bertz CT molecular complexity index is 937. The van der Waals surface area contributed by atoms with Crippen LogP contribution in [0.1, 0.15) is 82.1 Å². The molecule has 1 N–H and O–H groups in total. The Morgan fingerprint density at radius 1 is 1.03 bits per heavy atom. The zero-order chi connectivity index (χ0) is 24.0. The summed E-state index contributed by atoms with van der Waals surface area (Å²) in [5.74, 6) is -0.0251. The van der Waals surface area contributed by atoms with Crippen LogP contribution < -0.4 is 5.32 Å². The maximum absolute atomic E-state index is 13.4. The molecular formula is C29H40N2O2. The van der Waals surface area contributed by atoms with E-state index in [-0.39, 0.29) is 23.3 Å². The van der Waals surface area contributed by atoms with Gasteiger partial charge in [-0.05, 0) is 55.2 Å². The second kappa shape index (κ2) is 11.0. The van der Waals surface area contributed by atoms with Crippen molar-refractivity contribution >= 4 is 11.8 Å². The number of nitrogens with zero attached hydrogens (tertiary/aromatic N) is 1. The molecule has 2 aromatic rings. The summed E-state index contributed by atoms with van der Waals surface area (Å²) in [5.41, 5.74) is 4.76. The highest BCUT2D eigenvalue weighted by molar-refractivity contribution is 5.87. The normalized spacial score (nSPS) is 15.3. The number of amides is 2. The van der Waals surface area contributed by atoms with Crippen LogP contribution in [0.25, 0.3) is 0 Å². The summed E-state index contributed by atoms with van der Waals surface area (Å²) < 4.78 is 0. The van der Waals surface area contributed by atoms with Crippen LogP contribution in [-0.2, 0) is 28.0 Å². The number of carbonyl (C=O) groups excluding carboxylic acids is 2. The van der Waals surface area contributed by atoms with E-state index in [2.05, 4.69) is 56.4 Å². The molecule has 0 radical (unpaired) electrons. The Balaban J connectivity index is 1.70. The second-order valence-corrected chi connectivity index (χ2v) is 10.6. The van der Waals surface area contributed by atoms with E-state index in [0.717, 1.165) is 29.5 Å². The number of benzene rings is 2. The first-order chi connectivity index (χ1) is 15.6. The summed E-state index contributed by atoms with van der Waals surface area (Å²) >= 11 is 0. The Labute approximate surface area is 199 Å². The van der Waals surface area contributed by atoms with Gasteiger partial charge in [0.15, 0.2) is 0 Å². The van der Waals surface area contributed by atoms with Crippen LogP contribution >= 0.6 is 0 Å². The van der Waals surface area contributed by atoms with Crippen LogP contribution in [-0.4, -0.2) is 28.8 Å². The van der Waals surface area contributed by atoms with Gasteiger partial charge in [-0.3, -0.25) is 9.59 Å². The topological polar surface area (TPSA) is 49.4 Å². The van der Waals surface area contributed by atoms with E-state index in [0.29, 0.717) is 19.4 Å². The van der Waals surface area contributed by atoms with Crippen molar-refractivity contribution < 1.29 is 9.59 Å². The van der Waals surface area contributed by atoms with Crippen LogP contribution in [0.15, 0.2) is 48.5 Å². The van der Waals surface area contributed by atoms with Gasteiger partial charge in [0.05, 0.1) is 0 Å². The van der Waals surface area contributed by atoms with E-state index in [1.165, 1.54) is 18.4 Å². The number of hydrogen-bond donors (Lipinski definition) is 1. The van der Waals surface area contributed by atoms with Crippen molar-refractivity contribution in [1.82, 2.24) is 10.2 Å². The van der Waals surface area contributed by atoms with Crippen molar-refractivity contribution in [3.05, 3.63) is 70.8 Å². The largest absolute Gasteiger partial charge is 0.352 e. The van der Waals surface area contributed by atoms with Crippen LogP contribution in [0.2, 0.25) is 0 Å². The molecule has 178 valence electrons. The van der Waals surface area contributed by atoms with E-state index < -0.39 is 6.04 Å². The van der Waals surface area contributed by atoms with Gasteiger partial charge in [-0.25, -0.2) is 0 Å². The minimum Gasteiger partial charge on any atom is -0.352 e. The summed E-state index contributed by atoms with van der Waals surface area (Å²) in [6, 6.07) is 16.5. The first-order valence-electron chi connectivity index (χ1n) is 12.4. The van der Waals surface area contributed by atoms with Gasteiger partial charge in [-0.15, -0.1) is 0 Å². The number of rotatable bonds is 8. The molecule has 4 heteroatoms. The Morgan fingerprint density at radius 3 is 2.30 bits per heavy atom. The van der Waals surface area contributed by atoms with Gasteiger partial charge in [-0.2, -0.15) is 0 Å². The molecule has 3 rings (SSSR count). The third kappa shape index (κ3) is 7.18. The molecule has 0 spiro atoms. The van der Waals surface area contributed by atoms with E-state index in [4.69, 9.17) is 0 Å². The number of hydrogen-bond acceptors (Lipinski definition) is 2. The maximum Gasteiger partial charge on any atom is 0.242 e. The highest BCUT2D eigenvalue weighted by Gasteiger charge is 2.28. The van der Waals surface area contributed by atoms with Crippen LogP contribution in [0.3, 0.4) is 0 Å². The van der Waals surface area contributed by atoms with Gasteiger partial charge < -0.3 is 10.2 Å². The fourth-order valence-corrected chi connectivity index (χ4v) is 4.55. The third-order valence-electron chi connectivity index (χ3n) is 6.75. The van der Waals surface area contributed by atoms with Crippen LogP contribution in [0, 0.1) is 6.92 Å². The standard InChI is InChI=1S/C29H40N2O2/c1-21-9-8-10-24(19-21)20-31(22(2)28(33)30-26-11-6-7-12-26)27(32)18-15-23-13-16-25(17-14-23)29(3,4)5/h8-10,13-14,16-17,19,22,26H,6-7,11-12,15,18,20H2,1-5H3,(H,30,33)/t22-/m1/s1. The molecule has 0 unspecified atom stereocenters. The molecule has 0 aliphatic heterocycles. The number of carbonyl (C=O) groups is 2. The minimum atomic E-state index is -0.498. The second-order valence-electron chi connectivity index (χ2n) is 10.6. The lowest BCUT2D eigenvalue weighted by molar-refractivity contribution is -0.140. The van der Waals surface area contributed by atoms with Gasteiger partial charge in [0.1, 0.15) is 6.04 Å². The fraction of sp³-hybridized carbons (Fsp3) is 0.517. The van der Waals surface area contributed by atoms with Crippen molar-refractivity contribution in [1.29, 1.82) is 0 Å². The molecule has 1 atom stereocenters. The van der Waals surface area contributed by atoms with E-state index in [1.807, 2.05) is 32.0 Å². The van der Waals surface area contributed by atoms with Crippen molar-refractivity contribution in [2.24, 2.45) is 0 Å². The van der Waals surface area contributed by atoms with Gasteiger partial charge in [0, 0.05) is 19.0 Å². The van der Waals surface area contributed by atoms with Crippen molar-refractivity contribution in [2.45, 2.75) is 97.2 Å². The van der Waals surface area contributed by atoms with Crippen LogP contribution in [0.5, 0.6) is 0 Å². The molecule has 0 aromatic heterocycles. The first-order valence-corrected chi connectivity index (χ1v) is 12.4. The summed E-state index contributed by atoms with van der Waals surface area (Å²) in [6.07, 6.45) is 5.47. The van der Waals surface area contributed by atoms with E-state index in [1.54, 1.807) is 4.90 Å². The van der Waals surface area contributed by atoms with Gasteiger partial charge in [-0.1, -0.05) is 87.7 Å². The summed E-state index contributed by atoms with van der Waals surface area (Å²) in [6.45, 7) is 11.0. The highest BCUT2D eigenvalue weighted by atomic mass is 16.2. The molecule has 33 heavy (non-hydrogen) atoms. The lowest BCUT2D eigenvalue weighted by atomic mass is 9.86. The van der Waals surface area contributed by atoms with Gasteiger partial charge in [0.25, 0.3) is 0 Å². The van der Waals surface area contributed by atoms with Crippen molar-refractivity contribution in [2.75, 3.05) is 0 Å². The maximum atomic E-state index is 13.4. The zero-order valence-electron chi connectivity index (χ0n) is 21.0. The molecule has 0 saturated heterocycles. The predicted octanol–water partition coefficient (Wildman–Crippen LogP) is 5.70. The highest BCUT2D eigenvalue weighted by Crippen LogP contribution is 2.23. The summed E-state index contributed by atoms with van der Waals surface area (Å²) in [4.78, 5) is 28.1. The predicted molar refractivity (Wildman–Crippen MR) is 135 cm³/mol. The lowest BCUT2D eigenvalue weighted by Crippen LogP contribution is -2.49. The average Bonchev–Trinajstić information content (AvgIpc) is 3.28. The lowest BCUT2D eigenvalue weighted by Gasteiger charge is -2.30. The SMILES string of the molecule is Cc1cccc(CN(C(=O)CCc2ccc(C(C)(C)C)cc2)[C@H](C)C(=O)NC2CCCC2)c1. The Morgan fingerprint density at radius 2 is 1.70 bits per heavy atom. The molecule has 0 bridgehead atoms. The minimum absolute atomic E-state index is 0.0190. The van der Waals surface area contributed by atoms with Crippen LogP contribution in [0.4, 0.5) is 0 Å². The molecule has 1 aliphatic rings. The molecule has 2 amide bonds. The molecule has 4 nitrogen and oxygen atoms in total. The third-order valence-corrected chi connectivity index (χ3v) is 6.75. The molecule has 1 saturated carbocycles. The first kappa shape index (κ1) is 25.0. The number of nitrogens with one attached hydrogen (secondary N) is 1. The molecule has 1 fully saturated rings. The van der Waals surface area contributed by atoms with Crippen molar-refractivity contribution in [3.63, 3.8) is 0 Å². The molecule has 0 heterocycles.